The van der Waals surface area contributed by atoms with Crippen molar-refractivity contribution in [2.24, 2.45) is 5.41 Å². The summed E-state index contributed by atoms with van der Waals surface area (Å²) in [7, 11) is 0. The lowest BCUT2D eigenvalue weighted by Crippen LogP contribution is -2.38. The molecular weight excluding hydrogens is 293 g/mol. The van der Waals surface area contributed by atoms with E-state index in [0.29, 0.717) is 10.7 Å². The van der Waals surface area contributed by atoms with Gasteiger partial charge in [-0.3, -0.25) is 0 Å². The van der Waals surface area contributed by atoms with Gasteiger partial charge in [0.1, 0.15) is 5.82 Å². The summed E-state index contributed by atoms with van der Waals surface area (Å²) in [6.45, 7) is 6.53. The molecule has 0 radical (unpaired) electrons. The molecule has 0 aromatic heterocycles. The predicted octanol–water partition coefficient (Wildman–Crippen LogP) is 4.74. The van der Waals surface area contributed by atoms with Crippen molar-refractivity contribution in [2.45, 2.75) is 38.4 Å². The van der Waals surface area contributed by atoms with E-state index in [-0.39, 0.29) is 5.82 Å². The average molecular weight is 314 g/mol. The Bertz CT molecular complexity index is 411. The van der Waals surface area contributed by atoms with Crippen molar-refractivity contribution in [3.8, 4) is 0 Å². The van der Waals surface area contributed by atoms with Gasteiger partial charge in [0.2, 0.25) is 0 Å². The van der Waals surface area contributed by atoms with Crippen LogP contribution in [0.15, 0.2) is 18.2 Å². The summed E-state index contributed by atoms with van der Waals surface area (Å²) in [6.07, 6.45) is 3.53. The molecule has 1 fully saturated rings. The van der Waals surface area contributed by atoms with Gasteiger partial charge in [-0.1, -0.05) is 42.3 Å². The van der Waals surface area contributed by atoms with Gasteiger partial charge in [0.15, 0.2) is 0 Å². The molecule has 1 nitrogen and oxygen atoms in total. The molecule has 0 N–H and O–H groups in total. The first-order valence-electron chi connectivity index (χ1n) is 6.67. The Balaban J connectivity index is 2.10. The highest BCUT2D eigenvalue weighted by Gasteiger charge is 2.29. The van der Waals surface area contributed by atoms with Crippen LogP contribution < -0.4 is 4.90 Å². The molecule has 1 aromatic rings. The smallest absolute Gasteiger partial charge is 0.146 e. The summed E-state index contributed by atoms with van der Waals surface area (Å²) in [5.74, 6) is -0.0907. The lowest BCUT2D eigenvalue weighted by molar-refractivity contribution is 0.237. The number of piperidine rings is 1. The Labute approximate surface area is 118 Å². The molecule has 0 aliphatic carbocycles. The maximum absolute atomic E-state index is 14.0. The van der Waals surface area contributed by atoms with Gasteiger partial charge in [0.25, 0.3) is 0 Å². The summed E-state index contributed by atoms with van der Waals surface area (Å²) < 4.78 is 14.0. The summed E-state index contributed by atoms with van der Waals surface area (Å²) >= 11 is 3.36. The van der Waals surface area contributed by atoms with Crippen molar-refractivity contribution in [2.75, 3.05) is 18.0 Å². The van der Waals surface area contributed by atoms with Gasteiger partial charge in [0.05, 0.1) is 5.69 Å². The van der Waals surface area contributed by atoms with Crippen molar-refractivity contribution in [3.05, 3.63) is 29.6 Å². The number of halogens is 2. The van der Waals surface area contributed by atoms with Gasteiger partial charge in [-0.25, -0.2) is 4.39 Å². The van der Waals surface area contributed by atoms with Crippen LogP contribution >= 0.6 is 15.9 Å². The summed E-state index contributed by atoms with van der Waals surface area (Å²) in [4.78, 5) is 2.19. The van der Waals surface area contributed by atoms with E-state index in [9.17, 15) is 4.39 Å². The standard InChI is InChI=1S/C15H21BrFN/c1-3-15(2)6-8-18(9-7-15)14-5-4-12(11-16)10-13(14)17/h4-5,10H,3,6-9,11H2,1-2H3. The van der Waals surface area contributed by atoms with E-state index in [2.05, 4.69) is 34.7 Å². The summed E-state index contributed by atoms with van der Waals surface area (Å²) in [5, 5.41) is 0.706. The van der Waals surface area contributed by atoms with Gasteiger partial charge >= 0.3 is 0 Å². The molecule has 18 heavy (non-hydrogen) atoms. The van der Waals surface area contributed by atoms with Crippen molar-refractivity contribution >= 4 is 21.6 Å². The molecule has 0 bridgehead atoms. The zero-order valence-electron chi connectivity index (χ0n) is 11.2. The van der Waals surface area contributed by atoms with Crippen molar-refractivity contribution < 1.29 is 4.39 Å². The van der Waals surface area contributed by atoms with E-state index in [0.717, 1.165) is 37.2 Å². The first kappa shape index (κ1) is 13.9. The number of rotatable bonds is 3. The fraction of sp³-hybridized carbons (Fsp3) is 0.600. The van der Waals surface area contributed by atoms with E-state index >= 15 is 0 Å². The number of benzene rings is 1. The monoisotopic (exact) mass is 313 g/mol. The normalized spacial score (nSPS) is 19.0. The van der Waals surface area contributed by atoms with Crippen LogP contribution in [-0.4, -0.2) is 13.1 Å². The SMILES string of the molecule is CCC1(C)CCN(c2ccc(CBr)cc2F)CC1. The van der Waals surface area contributed by atoms with E-state index in [1.54, 1.807) is 6.07 Å². The third-order valence-electron chi connectivity index (χ3n) is 4.33. The first-order valence-corrected chi connectivity index (χ1v) is 7.79. The maximum Gasteiger partial charge on any atom is 0.146 e. The van der Waals surface area contributed by atoms with Crippen LogP contribution in [0, 0.1) is 11.2 Å². The Morgan fingerprint density at radius 2 is 2.00 bits per heavy atom. The van der Waals surface area contributed by atoms with E-state index in [1.807, 2.05) is 12.1 Å². The Kier molecular flexibility index (Phi) is 4.31. The quantitative estimate of drug-likeness (QED) is 0.729. The lowest BCUT2D eigenvalue weighted by Gasteiger charge is -2.40. The van der Waals surface area contributed by atoms with E-state index in [4.69, 9.17) is 0 Å². The minimum atomic E-state index is -0.0907. The molecule has 1 aromatic carbocycles. The molecule has 0 amide bonds. The average Bonchev–Trinajstić information content (AvgIpc) is 2.40. The molecule has 0 spiro atoms. The zero-order chi connectivity index (χ0) is 13.2. The van der Waals surface area contributed by atoms with Crippen LogP contribution in [0.3, 0.4) is 0 Å². The van der Waals surface area contributed by atoms with Crippen LogP contribution in [-0.2, 0) is 5.33 Å². The lowest BCUT2D eigenvalue weighted by atomic mass is 9.78. The molecule has 2 rings (SSSR count). The maximum atomic E-state index is 14.0. The van der Waals surface area contributed by atoms with Crippen LogP contribution in [0.4, 0.5) is 10.1 Å². The summed E-state index contributed by atoms with van der Waals surface area (Å²) in [6, 6.07) is 5.55. The molecule has 0 atom stereocenters. The van der Waals surface area contributed by atoms with E-state index in [1.165, 1.54) is 6.42 Å². The molecule has 0 saturated carbocycles. The second-order valence-corrected chi connectivity index (χ2v) is 6.13. The molecule has 100 valence electrons. The third-order valence-corrected chi connectivity index (χ3v) is 4.98. The molecule has 3 heteroatoms. The fourth-order valence-electron chi connectivity index (χ4n) is 2.53. The number of hydrogen-bond donors (Lipinski definition) is 0. The number of hydrogen-bond acceptors (Lipinski definition) is 1. The third kappa shape index (κ3) is 2.87. The van der Waals surface area contributed by atoms with Crippen LogP contribution in [0.2, 0.25) is 0 Å². The zero-order valence-corrected chi connectivity index (χ0v) is 12.8. The molecule has 1 aliphatic heterocycles. The first-order chi connectivity index (χ1) is 8.58. The Morgan fingerprint density at radius 1 is 1.33 bits per heavy atom. The molecule has 0 unspecified atom stereocenters. The minimum absolute atomic E-state index is 0.0907. The van der Waals surface area contributed by atoms with Gasteiger partial charge in [-0.15, -0.1) is 0 Å². The predicted molar refractivity (Wildman–Crippen MR) is 78.9 cm³/mol. The number of alkyl halides is 1. The van der Waals surface area contributed by atoms with Crippen LogP contribution in [0.25, 0.3) is 0 Å². The highest BCUT2D eigenvalue weighted by Crippen LogP contribution is 2.36. The summed E-state index contributed by atoms with van der Waals surface area (Å²) in [5.41, 5.74) is 2.20. The fourth-order valence-corrected chi connectivity index (χ4v) is 2.88. The van der Waals surface area contributed by atoms with Gasteiger partial charge in [0, 0.05) is 18.4 Å². The number of anilines is 1. The van der Waals surface area contributed by atoms with Gasteiger partial charge in [-0.2, -0.15) is 0 Å². The molecule has 1 saturated heterocycles. The van der Waals surface area contributed by atoms with Gasteiger partial charge < -0.3 is 4.90 Å². The molecular formula is C15H21BrFN. The van der Waals surface area contributed by atoms with Crippen molar-refractivity contribution in [1.82, 2.24) is 0 Å². The highest BCUT2D eigenvalue weighted by atomic mass is 79.9. The molecule has 1 heterocycles. The van der Waals surface area contributed by atoms with Gasteiger partial charge in [-0.05, 0) is 36.0 Å². The van der Waals surface area contributed by atoms with Crippen molar-refractivity contribution in [3.63, 3.8) is 0 Å². The largest absolute Gasteiger partial charge is 0.369 e. The number of nitrogens with zero attached hydrogens (tertiary/aromatic N) is 1. The van der Waals surface area contributed by atoms with Crippen molar-refractivity contribution in [1.29, 1.82) is 0 Å². The Hall–Kier alpha value is -0.570. The Morgan fingerprint density at radius 3 is 2.50 bits per heavy atom. The van der Waals surface area contributed by atoms with Crippen LogP contribution in [0.1, 0.15) is 38.7 Å². The topological polar surface area (TPSA) is 3.24 Å². The van der Waals surface area contributed by atoms with E-state index < -0.39 is 0 Å². The second-order valence-electron chi connectivity index (χ2n) is 5.57. The molecule has 1 aliphatic rings. The van der Waals surface area contributed by atoms with Crippen LogP contribution in [0.5, 0.6) is 0 Å². The minimum Gasteiger partial charge on any atom is -0.369 e. The highest BCUT2D eigenvalue weighted by molar-refractivity contribution is 9.08. The second kappa shape index (κ2) is 5.60.